The highest BCUT2D eigenvalue weighted by atomic mass is 16.2. The molecule has 0 saturated carbocycles. The Morgan fingerprint density at radius 3 is 2.42 bits per heavy atom. The van der Waals surface area contributed by atoms with Gasteiger partial charge in [0.15, 0.2) is 0 Å². The highest BCUT2D eigenvalue weighted by molar-refractivity contribution is 5.81. The molecule has 0 radical (unpaired) electrons. The molecular formula is C13H23N5O. The summed E-state index contributed by atoms with van der Waals surface area (Å²) in [6.45, 7) is 6.82. The Morgan fingerprint density at radius 2 is 1.89 bits per heavy atom. The van der Waals surface area contributed by atoms with E-state index in [9.17, 15) is 4.79 Å². The molecule has 1 rings (SSSR count). The smallest absolute Gasteiger partial charge is 0.241 e. The van der Waals surface area contributed by atoms with Gasteiger partial charge < -0.3 is 15.5 Å². The first-order valence-corrected chi connectivity index (χ1v) is 6.42. The SMILES string of the molecule is CCCN(CC(=O)N(C)C)c1nc(C)nc(N)c1C. The van der Waals surface area contributed by atoms with Crippen molar-refractivity contribution < 1.29 is 4.79 Å². The molecule has 0 saturated heterocycles. The standard InChI is InChI=1S/C13H23N5O/c1-6-7-18(8-11(19)17(4)5)13-9(2)12(14)15-10(3)16-13/h6-8H2,1-5H3,(H2,14,15,16). The van der Waals surface area contributed by atoms with Crippen LogP contribution in [0.1, 0.15) is 24.7 Å². The molecule has 1 heterocycles. The maximum Gasteiger partial charge on any atom is 0.241 e. The van der Waals surface area contributed by atoms with Crippen molar-refractivity contribution in [2.45, 2.75) is 27.2 Å². The lowest BCUT2D eigenvalue weighted by Gasteiger charge is -2.26. The second-order valence-corrected chi connectivity index (χ2v) is 4.81. The predicted molar refractivity (Wildman–Crippen MR) is 77.1 cm³/mol. The quantitative estimate of drug-likeness (QED) is 0.859. The molecule has 6 heteroatoms. The van der Waals surface area contributed by atoms with Crippen molar-refractivity contribution in [2.75, 3.05) is 37.8 Å². The average Bonchev–Trinajstić information content (AvgIpc) is 2.33. The molecule has 0 aliphatic carbocycles. The van der Waals surface area contributed by atoms with Crippen LogP contribution in [0.4, 0.5) is 11.6 Å². The molecule has 0 spiro atoms. The second-order valence-electron chi connectivity index (χ2n) is 4.81. The predicted octanol–water partition coefficient (Wildman–Crippen LogP) is 0.980. The van der Waals surface area contributed by atoms with Crippen molar-refractivity contribution in [3.05, 3.63) is 11.4 Å². The molecule has 0 aliphatic rings. The average molecular weight is 265 g/mol. The molecule has 0 bridgehead atoms. The number of rotatable bonds is 5. The molecule has 0 atom stereocenters. The first-order valence-electron chi connectivity index (χ1n) is 6.42. The molecule has 6 nitrogen and oxygen atoms in total. The minimum atomic E-state index is 0.0442. The third-order valence-corrected chi connectivity index (χ3v) is 2.89. The van der Waals surface area contributed by atoms with E-state index in [0.717, 1.165) is 24.3 Å². The maximum atomic E-state index is 11.9. The van der Waals surface area contributed by atoms with Crippen LogP contribution in [-0.2, 0) is 4.79 Å². The van der Waals surface area contributed by atoms with E-state index in [4.69, 9.17) is 5.73 Å². The van der Waals surface area contributed by atoms with Crippen molar-refractivity contribution in [2.24, 2.45) is 0 Å². The Labute approximate surface area is 114 Å². The monoisotopic (exact) mass is 265 g/mol. The largest absolute Gasteiger partial charge is 0.383 e. The van der Waals surface area contributed by atoms with Crippen molar-refractivity contribution in [1.29, 1.82) is 0 Å². The molecule has 0 fully saturated rings. The number of carbonyl (C=O) groups excluding carboxylic acids is 1. The first kappa shape index (κ1) is 15.2. The number of aromatic nitrogens is 2. The van der Waals surface area contributed by atoms with Crippen molar-refractivity contribution in [3.63, 3.8) is 0 Å². The summed E-state index contributed by atoms with van der Waals surface area (Å²) in [7, 11) is 3.50. The lowest BCUT2D eigenvalue weighted by Crippen LogP contribution is -2.38. The van der Waals surface area contributed by atoms with E-state index in [-0.39, 0.29) is 5.91 Å². The molecular weight excluding hydrogens is 242 g/mol. The van der Waals surface area contributed by atoms with E-state index in [1.807, 2.05) is 11.8 Å². The second kappa shape index (κ2) is 6.36. The van der Waals surface area contributed by atoms with Gasteiger partial charge in [0.05, 0.1) is 6.54 Å². The molecule has 0 unspecified atom stereocenters. The van der Waals surface area contributed by atoms with Crippen LogP contribution in [0.2, 0.25) is 0 Å². The number of aryl methyl sites for hydroxylation is 1. The van der Waals surface area contributed by atoms with Crippen LogP contribution in [0.5, 0.6) is 0 Å². The van der Waals surface area contributed by atoms with Crippen LogP contribution in [-0.4, -0.2) is 48.0 Å². The Balaban J connectivity index is 3.08. The number of amides is 1. The summed E-state index contributed by atoms with van der Waals surface area (Å²) >= 11 is 0. The van der Waals surface area contributed by atoms with Gasteiger partial charge in [-0.2, -0.15) is 0 Å². The minimum Gasteiger partial charge on any atom is -0.383 e. The molecule has 19 heavy (non-hydrogen) atoms. The van der Waals surface area contributed by atoms with Crippen LogP contribution >= 0.6 is 0 Å². The topological polar surface area (TPSA) is 75.4 Å². The van der Waals surface area contributed by atoms with E-state index in [2.05, 4.69) is 16.9 Å². The van der Waals surface area contributed by atoms with Gasteiger partial charge in [0.2, 0.25) is 5.91 Å². The van der Waals surface area contributed by atoms with E-state index in [0.29, 0.717) is 18.2 Å². The summed E-state index contributed by atoms with van der Waals surface area (Å²) in [4.78, 5) is 24.0. The van der Waals surface area contributed by atoms with E-state index in [1.54, 1.807) is 25.9 Å². The van der Waals surface area contributed by atoms with Gasteiger partial charge in [0.1, 0.15) is 17.5 Å². The van der Waals surface area contributed by atoms with E-state index >= 15 is 0 Å². The van der Waals surface area contributed by atoms with E-state index in [1.165, 1.54) is 0 Å². The zero-order chi connectivity index (χ0) is 14.6. The number of anilines is 2. The summed E-state index contributed by atoms with van der Waals surface area (Å²) in [6.07, 6.45) is 0.934. The normalized spacial score (nSPS) is 10.4. The van der Waals surface area contributed by atoms with Gasteiger partial charge in [-0.25, -0.2) is 9.97 Å². The van der Waals surface area contributed by atoms with Gasteiger partial charge >= 0.3 is 0 Å². The molecule has 0 aromatic carbocycles. The van der Waals surface area contributed by atoms with Crippen LogP contribution in [0.25, 0.3) is 0 Å². The van der Waals surface area contributed by atoms with E-state index < -0.39 is 0 Å². The lowest BCUT2D eigenvalue weighted by molar-refractivity contribution is -0.127. The summed E-state index contributed by atoms with van der Waals surface area (Å²) in [5, 5.41) is 0. The summed E-state index contributed by atoms with van der Waals surface area (Å²) in [5.74, 6) is 1.89. The third kappa shape index (κ3) is 3.81. The summed E-state index contributed by atoms with van der Waals surface area (Å²) < 4.78 is 0. The number of hydrogen-bond donors (Lipinski definition) is 1. The number of hydrogen-bond acceptors (Lipinski definition) is 5. The fourth-order valence-corrected chi connectivity index (χ4v) is 1.78. The molecule has 1 aromatic rings. The van der Waals surface area contributed by atoms with Crippen LogP contribution in [0.15, 0.2) is 0 Å². The Kier molecular flexibility index (Phi) is 5.09. The number of likely N-dealkylation sites (N-methyl/N-ethyl adjacent to an activating group) is 1. The number of nitrogen functional groups attached to an aromatic ring is 1. The van der Waals surface area contributed by atoms with Crippen molar-refractivity contribution in [1.82, 2.24) is 14.9 Å². The highest BCUT2D eigenvalue weighted by Gasteiger charge is 2.17. The molecule has 2 N–H and O–H groups in total. The summed E-state index contributed by atoms with van der Waals surface area (Å²) in [6, 6.07) is 0. The Morgan fingerprint density at radius 1 is 1.26 bits per heavy atom. The van der Waals surface area contributed by atoms with Gasteiger partial charge in [-0.3, -0.25) is 4.79 Å². The Bertz CT molecular complexity index is 459. The molecule has 1 aromatic heterocycles. The van der Waals surface area contributed by atoms with Crippen molar-refractivity contribution >= 4 is 17.5 Å². The maximum absolute atomic E-state index is 11.9. The van der Waals surface area contributed by atoms with Crippen LogP contribution < -0.4 is 10.6 Å². The van der Waals surface area contributed by atoms with Crippen LogP contribution in [0, 0.1) is 13.8 Å². The number of nitrogens with two attached hydrogens (primary N) is 1. The Hall–Kier alpha value is -1.85. The first-order chi connectivity index (χ1) is 8.86. The minimum absolute atomic E-state index is 0.0442. The third-order valence-electron chi connectivity index (χ3n) is 2.89. The zero-order valence-electron chi connectivity index (χ0n) is 12.4. The fourth-order valence-electron chi connectivity index (χ4n) is 1.78. The lowest BCUT2D eigenvalue weighted by atomic mass is 10.2. The number of carbonyl (C=O) groups is 1. The van der Waals surface area contributed by atoms with Crippen molar-refractivity contribution in [3.8, 4) is 0 Å². The van der Waals surface area contributed by atoms with Crippen LogP contribution in [0.3, 0.4) is 0 Å². The molecule has 106 valence electrons. The van der Waals surface area contributed by atoms with Gasteiger partial charge in [-0.1, -0.05) is 6.92 Å². The number of nitrogens with zero attached hydrogens (tertiary/aromatic N) is 4. The van der Waals surface area contributed by atoms with Gasteiger partial charge in [-0.15, -0.1) is 0 Å². The highest BCUT2D eigenvalue weighted by Crippen LogP contribution is 2.21. The zero-order valence-corrected chi connectivity index (χ0v) is 12.4. The molecule has 1 amide bonds. The van der Waals surface area contributed by atoms with Gasteiger partial charge in [-0.05, 0) is 20.3 Å². The molecule has 0 aliphatic heterocycles. The summed E-state index contributed by atoms with van der Waals surface area (Å²) in [5.41, 5.74) is 6.70. The van der Waals surface area contributed by atoms with Gasteiger partial charge in [0, 0.05) is 26.2 Å². The van der Waals surface area contributed by atoms with Gasteiger partial charge in [0.25, 0.3) is 0 Å². The fraction of sp³-hybridized carbons (Fsp3) is 0.615.